The molecule has 0 heterocycles. The van der Waals surface area contributed by atoms with Gasteiger partial charge in [-0.15, -0.1) is 0 Å². The van der Waals surface area contributed by atoms with Crippen molar-refractivity contribution in [1.82, 2.24) is 5.32 Å². The van der Waals surface area contributed by atoms with Crippen molar-refractivity contribution in [1.29, 1.82) is 0 Å². The van der Waals surface area contributed by atoms with Crippen LogP contribution in [0.1, 0.15) is 24.2 Å². The molecule has 2 aromatic rings. The van der Waals surface area contributed by atoms with Gasteiger partial charge in [-0.05, 0) is 18.1 Å². The van der Waals surface area contributed by atoms with Crippen LogP contribution in [0.4, 0.5) is 4.39 Å². The Morgan fingerprint density at radius 2 is 1.77 bits per heavy atom. The van der Waals surface area contributed by atoms with Crippen LogP contribution >= 0.6 is 0 Å². The molecule has 0 radical (unpaired) electrons. The van der Waals surface area contributed by atoms with E-state index in [0.717, 1.165) is 5.56 Å². The van der Waals surface area contributed by atoms with Crippen LogP contribution in [0.2, 0.25) is 0 Å². The van der Waals surface area contributed by atoms with E-state index in [1.807, 2.05) is 37.3 Å². The molecule has 2 atom stereocenters. The molecular weight excluding hydrogens is 281 g/mol. The molecule has 3 nitrogen and oxygen atoms in total. The average molecular weight is 301 g/mol. The Bertz CT molecular complexity index is 615. The van der Waals surface area contributed by atoms with E-state index in [1.165, 1.54) is 12.1 Å². The monoisotopic (exact) mass is 301 g/mol. The molecule has 0 saturated heterocycles. The fourth-order valence-corrected chi connectivity index (χ4v) is 2.29. The second kappa shape index (κ2) is 7.71. The molecule has 0 aliphatic heterocycles. The first-order valence-corrected chi connectivity index (χ1v) is 7.32. The van der Waals surface area contributed by atoms with Crippen molar-refractivity contribution >= 4 is 5.91 Å². The van der Waals surface area contributed by atoms with E-state index in [2.05, 4.69) is 5.32 Å². The molecule has 0 aliphatic rings. The highest BCUT2D eigenvalue weighted by Crippen LogP contribution is 2.16. The quantitative estimate of drug-likeness (QED) is 0.862. The number of aliphatic hydroxyl groups excluding tert-OH is 1. The number of carbonyl (C=O) groups is 1. The molecule has 0 spiro atoms. The Morgan fingerprint density at radius 3 is 2.45 bits per heavy atom. The topological polar surface area (TPSA) is 49.3 Å². The number of hydrogen-bond acceptors (Lipinski definition) is 2. The maximum Gasteiger partial charge on any atom is 0.223 e. The fraction of sp³-hybridized carbons (Fsp3) is 0.278. The van der Waals surface area contributed by atoms with Crippen LogP contribution < -0.4 is 5.32 Å². The molecule has 0 bridgehead atoms. The molecule has 2 N–H and O–H groups in total. The number of amides is 1. The van der Waals surface area contributed by atoms with Gasteiger partial charge in [-0.2, -0.15) is 0 Å². The molecule has 0 fully saturated rings. The van der Waals surface area contributed by atoms with E-state index in [-0.39, 0.29) is 23.9 Å². The number of nitrogens with one attached hydrogen (secondary N) is 1. The van der Waals surface area contributed by atoms with Gasteiger partial charge in [0.15, 0.2) is 0 Å². The smallest absolute Gasteiger partial charge is 0.223 e. The first kappa shape index (κ1) is 16.2. The first-order chi connectivity index (χ1) is 10.6. The molecule has 1 amide bonds. The van der Waals surface area contributed by atoms with Gasteiger partial charge in [0, 0.05) is 18.0 Å². The highest BCUT2D eigenvalue weighted by atomic mass is 19.1. The van der Waals surface area contributed by atoms with E-state index in [4.69, 9.17) is 0 Å². The second-order valence-corrected chi connectivity index (χ2v) is 5.37. The number of aliphatic hydroxyl groups is 1. The Balaban J connectivity index is 1.86. The van der Waals surface area contributed by atoms with E-state index >= 15 is 0 Å². The van der Waals surface area contributed by atoms with Crippen molar-refractivity contribution in [3.05, 3.63) is 71.5 Å². The number of rotatable bonds is 6. The summed E-state index contributed by atoms with van der Waals surface area (Å²) in [4.78, 5) is 12.1. The minimum Gasteiger partial charge on any atom is -0.386 e. The molecule has 4 heteroatoms. The Morgan fingerprint density at radius 1 is 1.14 bits per heavy atom. The van der Waals surface area contributed by atoms with Crippen molar-refractivity contribution in [2.24, 2.45) is 5.92 Å². The molecule has 2 unspecified atom stereocenters. The molecule has 2 rings (SSSR count). The molecule has 22 heavy (non-hydrogen) atoms. The van der Waals surface area contributed by atoms with Crippen LogP contribution in [0.15, 0.2) is 54.6 Å². The molecule has 0 aliphatic carbocycles. The number of halogens is 1. The lowest BCUT2D eigenvalue weighted by Crippen LogP contribution is -2.33. The number of benzene rings is 2. The zero-order valence-electron chi connectivity index (χ0n) is 12.5. The summed E-state index contributed by atoms with van der Waals surface area (Å²) in [6.45, 7) is 1.83. The lowest BCUT2D eigenvalue weighted by molar-refractivity contribution is -0.124. The van der Waals surface area contributed by atoms with Crippen molar-refractivity contribution in [3.8, 4) is 0 Å². The van der Waals surface area contributed by atoms with Gasteiger partial charge in [0.05, 0.1) is 6.10 Å². The number of hydrogen-bond donors (Lipinski definition) is 2. The van der Waals surface area contributed by atoms with Crippen molar-refractivity contribution in [2.75, 3.05) is 6.54 Å². The van der Waals surface area contributed by atoms with E-state index < -0.39 is 11.9 Å². The predicted molar refractivity (Wildman–Crippen MR) is 83.7 cm³/mol. The van der Waals surface area contributed by atoms with Gasteiger partial charge < -0.3 is 10.4 Å². The summed E-state index contributed by atoms with van der Waals surface area (Å²) in [6.07, 6.45) is -0.420. The minimum atomic E-state index is -1.05. The summed E-state index contributed by atoms with van der Waals surface area (Å²) in [7, 11) is 0. The third kappa shape index (κ3) is 4.40. The van der Waals surface area contributed by atoms with Crippen LogP contribution in [0.25, 0.3) is 0 Å². The average Bonchev–Trinajstić information content (AvgIpc) is 2.53. The van der Waals surface area contributed by atoms with Crippen LogP contribution in [-0.4, -0.2) is 17.6 Å². The van der Waals surface area contributed by atoms with Gasteiger partial charge in [-0.1, -0.05) is 55.5 Å². The standard InChI is InChI=1S/C18H20FNO2/c1-13(11-14-7-3-2-4-8-14)18(22)20-12-17(21)15-9-5-6-10-16(15)19/h2-10,13,17,21H,11-12H2,1H3,(H,20,22). The summed E-state index contributed by atoms with van der Waals surface area (Å²) < 4.78 is 13.5. The molecule has 116 valence electrons. The molecule has 0 aromatic heterocycles. The van der Waals surface area contributed by atoms with Crippen molar-refractivity contribution in [3.63, 3.8) is 0 Å². The third-order valence-corrected chi connectivity index (χ3v) is 3.57. The summed E-state index contributed by atoms with van der Waals surface area (Å²) in [5.41, 5.74) is 1.28. The predicted octanol–water partition coefficient (Wildman–Crippen LogP) is 2.85. The number of carbonyl (C=O) groups excluding carboxylic acids is 1. The molecule has 2 aromatic carbocycles. The first-order valence-electron chi connectivity index (χ1n) is 7.32. The maximum atomic E-state index is 13.5. The van der Waals surface area contributed by atoms with Gasteiger partial charge in [0.1, 0.15) is 5.82 Å². The molecule has 0 saturated carbocycles. The van der Waals surface area contributed by atoms with Crippen LogP contribution in [0, 0.1) is 11.7 Å². The lowest BCUT2D eigenvalue weighted by atomic mass is 10.0. The summed E-state index contributed by atoms with van der Waals surface area (Å²) in [5, 5.41) is 12.6. The van der Waals surface area contributed by atoms with Crippen LogP contribution in [0.3, 0.4) is 0 Å². The summed E-state index contributed by atoms with van der Waals surface area (Å²) in [5.74, 6) is -0.837. The highest BCUT2D eigenvalue weighted by Gasteiger charge is 2.17. The highest BCUT2D eigenvalue weighted by molar-refractivity contribution is 5.78. The zero-order valence-corrected chi connectivity index (χ0v) is 12.5. The largest absolute Gasteiger partial charge is 0.386 e. The van der Waals surface area contributed by atoms with Gasteiger partial charge in [0.2, 0.25) is 5.91 Å². The normalized spacial score (nSPS) is 13.4. The third-order valence-electron chi connectivity index (χ3n) is 3.57. The zero-order chi connectivity index (χ0) is 15.9. The van der Waals surface area contributed by atoms with Gasteiger partial charge in [-0.25, -0.2) is 4.39 Å². The van der Waals surface area contributed by atoms with Gasteiger partial charge in [-0.3, -0.25) is 4.79 Å². The minimum absolute atomic E-state index is 0.00109. The van der Waals surface area contributed by atoms with Gasteiger partial charge >= 0.3 is 0 Å². The summed E-state index contributed by atoms with van der Waals surface area (Å²) >= 11 is 0. The second-order valence-electron chi connectivity index (χ2n) is 5.37. The molecular formula is C18H20FNO2. The Labute approximate surface area is 129 Å². The van der Waals surface area contributed by atoms with E-state index in [1.54, 1.807) is 12.1 Å². The van der Waals surface area contributed by atoms with E-state index in [9.17, 15) is 14.3 Å². The van der Waals surface area contributed by atoms with E-state index in [0.29, 0.717) is 6.42 Å². The van der Waals surface area contributed by atoms with Gasteiger partial charge in [0.25, 0.3) is 0 Å². The lowest BCUT2D eigenvalue weighted by Gasteiger charge is -2.16. The Hall–Kier alpha value is -2.20. The summed E-state index contributed by atoms with van der Waals surface area (Å²) in [6, 6.07) is 15.8. The Kier molecular flexibility index (Phi) is 5.67. The van der Waals surface area contributed by atoms with Crippen LogP contribution in [0.5, 0.6) is 0 Å². The SMILES string of the molecule is CC(Cc1ccccc1)C(=O)NCC(O)c1ccccc1F. The van der Waals surface area contributed by atoms with Crippen molar-refractivity contribution in [2.45, 2.75) is 19.4 Å². The maximum absolute atomic E-state index is 13.5. The van der Waals surface area contributed by atoms with Crippen LogP contribution in [-0.2, 0) is 11.2 Å². The van der Waals surface area contributed by atoms with Crippen molar-refractivity contribution < 1.29 is 14.3 Å². The fourth-order valence-electron chi connectivity index (χ4n) is 2.29.